The molecule has 2 rings (SSSR count). The molecule has 0 spiro atoms. The molecule has 0 atom stereocenters. The fourth-order valence-electron chi connectivity index (χ4n) is 1.95. The summed E-state index contributed by atoms with van der Waals surface area (Å²) in [5.41, 5.74) is 1.74. The van der Waals surface area contributed by atoms with Gasteiger partial charge < -0.3 is 4.90 Å². The van der Waals surface area contributed by atoms with Crippen LogP contribution in [-0.2, 0) is 13.1 Å². The van der Waals surface area contributed by atoms with Gasteiger partial charge in [-0.25, -0.2) is 0 Å². The van der Waals surface area contributed by atoms with E-state index in [4.69, 9.17) is 0 Å². The average Bonchev–Trinajstić information content (AvgIpc) is 2.79. The van der Waals surface area contributed by atoms with Gasteiger partial charge >= 0.3 is 0 Å². The standard InChI is InChI=1S/C14H15BrIN3O/c1-3-19-13(11(15)8-17-19)9-18(2)14(20)10-6-4-5-7-12(10)16/h4-8H,3,9H2,1-2H3. The third-order valence-electron chi connectivity index (χ3n) is 3.04. The van der Waals surface area contributed by atoms with Crippen LogP contribution >= 0.6 is 38.5 Å². The number of rotatable bonds is 4. The van der Waals surface area contributed by atoms with Gasteiger partial charge in [0, 0.05) is 17.2 Å². The predicted molar refractivity (Wildman–Crippen MR) is 90.6 cm³/mol. The van der Waals surface area contributed by atoms with E-state index in [-0.39, 0.29) is 5.91 Å². The Hall–Kier alpha value is -0.890. The molecule has 6 heteroatoms. The zero-order valence-electron chi connectivity index (χ0n) is 11.3. The van der Waals surface area contributed by atoms with Gasteiger partial charge in [0.1, 0.15) is 0 Å². The molecule has 1 heterocycles. The van der Waals surface area contributed by atoms with Crippen LogP contribution in [0.5, 0.6) is 0 Å². The smallest absolute Gasteiger partial charge is 0.255 e. The van der Waals surface area contributed by atoms with Crippen molar-refractivity contribution in [2.75, 3.05) is 7.05 Å². The molecule has 0 saturated heterocycles. The summed E-state index contributed by atoms with van der Waals surface area (Å²) >= 11 is 5.67. The second kappa shape index (κ2) is 6.71. The van der Waals surface area contributed by atoms with Crippen LogP contribution in [0.4, 0.5) is 0 Å². The van der Waals surface area contributed by atoms with Gasteiger partial charge in [0.15, 0.2) is 0 Å². The lowest BCUT2D eigenvalue weighted by molar-refractivity contribution is 0.0780. The molecule has 0 aliphatic heterocycles. The minimum atomic E-state index is 0.0192. The summed E-state index contributed by atoms with van der Waals surface area (Å²) < 4.78 is 3.79. The van der Waals surface area contributed by atoms with E-state index in [0.717, 1.165) is 25.8 Å². The quantitative estimate of drug-likeness (QED) is 0.672. The van der Waals surface area contributed by atoms with Crippen molar-refractivity contribution in [3.63, 3.8) is 0 Å². The summed E-state index contributed by atoms with van der Waals surface area (Å²) in [6.45, 7) is 3.34. The van der Waals surface area contributed by atoms with E-state index >= 15 is 0 Å². The Labute approximate surface area is 140 Å². The number of aromatic nitrogens is 2. The van der Waals surface area contributed by atoms with Crippen LogP contribution in [0.25, 0.3) is 0 Å². The van der Waals surface area contributed by atoms with Gasteiger partial charge in [-0.05, 0) is 57.6 Å². The number of halogens is 2. The Bertz CT molecular complexity index is 627. The molecule has 106 valence electrons. The normalized spacial score (nSPS) is 10.6. The van der Waals surface area contributed by atoms with Crippen LogP contribution in [0.15, 0.2) is 34.9 Å². The first-order valence-electron chi connectivity index (χ1n) is 6.24. The molecule has 1 amide bonds. The van der Waals surface area contributed by atoms with Crippen LogP contribution in [0.2, 0.25) is 0 Å². The zero-order valence-corrected chi connectivity index (χ0v) is 15.1. The maximum absolute atomic E-state index is 12.5. The maximum Gasteiger partial charge on any atom is 0.255 e. The van der Waals surface area contributed by atoms with E-state index in [1.165, 1.54) is 0 Å². The van der Waals surface area contributed by atoms with Crippen molar-refractivity contribution in [2.24, 2.45) is 0 Å². The third-order valence-corrected chi connectivity index (χ3v) is 4.64. The topological polar surface area (TPSA) is 38.1 Å². The van der Waals surface area contributed by atoms with E-state index in [0.29, 0.717) is 6.54 Å². The van der Waals surface area contributed by atoms with Crippen LogP contribution < -0.4 is 0 Å². The maximum atomic E-state index is 12.5. The van der Waals surface area contributed by atoms with E-state index in [1.807, 2.05) is 42.9 Å². The monoisotopic (exact) mass is 447 g/mol. The van der Waals surface area contributed by atoms with Crippen LogP contribution in [0.3, 0.4) is 0 Å². The summed E-state index contributed by atoms with van der Waals surface area (Å²) in [6.07, 6.45) is 1.77. The van der Waals surface area contributed by atoms with E-state index < -0.39 is 0 Å². The summed E-state index contributed by atoms with van der Waals surface area (Å²) in [6, 6.07) is 7.61. The molecule has 4 nitrogen and oxygen atoms in total. The fourth-order valence-corrected chi connectivity index (χ4v) is 2.99. The van der Waals surface area contributed by atoms with Crippen molar-refractivity contribution in [1.29, 1.82) is 0 Å². The molecule has 0 bridgehead atoms. The van der Waals surface area contributed by atoms with E-state index in [9.17, 15) is 4.79 Å². The lowest BCUT2D eigenvalue weighted by Crippen LogP contribution is -2.28. The highest BCUT2D eigenvalue weighted by Crippen LogP contribution is 2.19. The Morgan fingerprint density at radius 3 is 2.80 bits per heavy atom. The van der Waals surface area contributed by atoms with Crippen LogP contribution in [-0.4, -0.2) is 27.6 Å². The molecule has 0 saturated carbocycles. The van der Waals surface area contributed by atoms with Gasteiger partial charge in [-0.3, -0.25) is 9.48 Å². The molecule has 0 aliphatic carbocycles. The number of amides is 1. The van der Waals surface area contributed by atoms with Crippen molar-refractivity contribution in [2.45, 2.75) is 20.0 Å². The highest BCUT2D eigenvalue weighted by Gasteiger charge is 2.17. The molecular weight excluding hydrogens is 433 g/mol. The largest absolute Gasteiger partial charge is 0.336 e. The second-order valence-corrected chi connectivity index (χ2v) is 6.41. The number of carbonyl (C=O) groups is 1. The lowest BCUT2D eigenvalue weighted by Gasteiger charge is -2.19. The highest BCUT2D eigenvalue weighted by molar-refractivity contribution is 14.1. The number of nitrogens with zero attached hydrogens (tertiary/aromatic N) is 3. The highest BCUT2D eigenvalue weighted by atomic mass is 127. The minimum absolute atomic E-state index is 0.0192. The van der Waals surface area contributed by atoms with Gasteiger partial charge in [0.25, 0.3) is 5.91 Å². The fraction of sp³-hybridized carbons (Fsp3) is 0.286. The molecule has 0 aliphatic rings. The summed E-state index contributed by atoms with van der Waals surface area (Å²) in [4.78, 5) is 14.2. The van der Waals surface area contributed by atoms with Crippen molar-refractivity contribution >= 4 is 44.4 Å². The molecule has 1 aromatic carbocycles. The van der Waals surface area contributed by atoms with Gasteiger partial charge in [-0.1, -0.05) is 12.1 Å². The SMILES string of the molecule is CCn1ncc(Br)c1CN(C)C(=O)c1ccccc1I. The van der Waals surface area contributed by atoms with Crippen molar-refractivity contribution < 1.29 is 4.79 Å². The first kappa shape index (κ1) is 15.5. The lowest BCUT2D eigenvalue weighted by atomic mass is 10.2. The summed E-state index contributed by atoms with van der Waals surface area (Å²) in [5, 5.41) is 4.27. The molecule has 0 fully saturated rings. The summed E-state index contributed by atoms with van der Waals surface area (Å²) in [5.74, 6) is 0.0192. The van der Waals surface area contributed by atoms with Gasteiger partial charge in [-0.15, -0.1) is 0 Å². The number of carbonyl (C=O) groups excluding carboxylic acids is 1. The third kappa shape index (κ3) is 3.22. The molecular formula is C14H15BrIN3O. The van der Waals surface area contributed by atoms with Gasteiger partial charge in [0.2, 0.25) is 0 Å². The molecule has 0 N–H and O–H groups in total. The Balaban J connectivity index is 2.20. The predicted octanol–water partition coefficient (Wildman–Crippen LogP) is 3.54. The Morgan fingerprint density at radius 1 is 1.45 bits per heavy atom. The second-order valence-electron chi connectivity index (χ2n) is 4.40. The number of hydrogen-bond donors (Lipinski definition) is 0. The van der Waals surface area contributed by atoms with Crippen molar-refractivity contribution in [3.8, 4) is 0 Å². The minimum Gasteiger partial charge on any atom is -0.336 e. The van der Waals surface area contributed by atoms with Gasteiger partial charge in [0.05, 0.1) is 28.5 Å². The molecule has 0 radical (unpaired) electrons. The van der Waals surface area contributed by atoms with Crippen LogP contribution in [0.1, 0.15) is 23.0 Å². The average molecular weight is 448 g/mol. The number of aryl methyl sites for hydroxylation is 1. The molecule has 20 heavy (non-hydrogen) atoms. The Kier molecular flexibility index (Phi) is 5.20. The van der Waals surface area contributed by atoms with E-state index in [1.54, 1.807) is 11.1 Å². The first-order chi connectivity index (χ1) is 9.54. The van der Waals surface area contributed by atoms with Crippen molar-refractivity contribution in [1.82, 2.24) is 14.7 Å². The Morgan fingerprint density at radius 2 is 2.15 bits per heavy atom. The zero-order chi connectivity index (χ0) is 14.7. The molecule has 1 aromatic heterocycles. The van der Waals surface area contributed by atoms with Crippen molar-refractivity contribution in [3.05, 3.63) is 49.8 Å². The summed E-state index contributed by atoms with van der Waals surface area (Å²) in [7, 11) is 1.81. The number of hydrogen-bond acceptors (Lipinski definition) is 2. The molecule has 0 unspecified atom stereocenters. The van der Waals surface area contributed by atoms with Crippen LogP contribution in [0, 0.1) is 3.57 Å². The van der Waals surface area contributed by atoms with Gasteiger partial charge in [-0.2, -0.15) is 5.10 Å². The van der Waals surface area contributed by atoms with E-state index in [2.05, 4.69) is 43.6 Å². The first-order valence-corrected chi connectivity index (χ1v) is 8.12. The number of benzene rings is 1. The molecule has 2 aromatic rings.